The predicted molar refractivity (Wildman–Crippen MR) is 77.5 cm³/mol. The summed E-state index contributed by atoms with van der Waals surface area (Å²) in [6.45, 7) is 2.25. The smallest absolute Gasteiger partial charge is 0.335 e. The maximum atomic E-state index is 11.8. The summed E-state index contributed by atoms with van der Waals surface area (Å²) in [4.78, 5) is 29.5. The Balaban J connectivity index is 2.70. The number of hydrogen-bond acceptors (Lipinski definition) is 4. The number of aromatic hydroxyl groups is 1. The monoisotopic (exact) mass is 293 g/mol. The molecular formula is C13H12ClN3O3. The third-order valence-electron chi connectivity index (χ3n) is 2.61. The van der Waals surface area contributed by atoms with Gasteiger partial charge in [0.2, 0.25) is 5.88 Å². The molecule has 0 spiro atoms. The predicted octanol–water partition coefficient (Wildman–Crippen LogP) is 1.32. The van der Waals surface area contributed by atoms with Crippen LogP contribution in [0.4, 0.5) is 0 Å². The van der Waals surface area contributed by atoms with Crippen molar-refractivity contribution in [2.75, 3.05) is 6.54 Å². The molecule has 7 heteroatoms. The van der Waals surface area contributed by atoms with Gasteiger partial charge in [0.1, 0.15) is 5.56 Å². The molecule has 0 aliphatic carbocycles. The van der Waals surface area contributed by atoms with Gasteiger partial charge in [0.05, 0.1) is 5.69 Å². The van der Waals surface area contributed by atoms with Gasteiger partial charge in [0.25, 0.3) is 5.56 Å². The van der Waals surface area contributed by atoms with Crippen LogP contribution in [0.3, 0.4) is 0 Å². The van der Waals surface area contributed by atoms with Gasteiger partial charge in [-0.1, -0.05) is 11.6 Å². The first-order chi connectivity index (χ1) is 9.54. The van der Waals surface area contributed by atoms with Crippen LogP contribution in [-0.2, 0) is 0 Å². The van der Waals surface area contributed by atoms with Gasteiger partial charge in [0, 0.05) is 17.8 Å². The molecule has 0 saturated carbocycles. The molecule has 0 atom stereocenters. The van der Waals surface area contributed by atoms with Crippen LogP contribution in [0.5, 0.6) is 5.88 Å². The Morgan fingerprint density at radius 3 is 2.60 bits per heavy atom. The highest BCUT2D eigenvalue weighted by Gasteiger charge is 2.13. The Kier molecular flexibility index (Phi) is 4.05. The lowest BCUT2D eigenvalue weighted by Crippen LogP contribution is -2.31. The second-order valence-corrected chi connectivity index (χ2v) is 4.37. The fourth-order valence-corrected chi connectivity index (χ4v) is 1.79. The summed E-state index contributed by atoms with van der Waals surface area (Å²) < 4.78 is 0.981. The molecular weight excluding hydrogens is 282 g/mol. The molecule has 2 rings (SSSR count). The van der Waals surface area contributed by atoms with E-state index in [9.17, 15) is 14.7 Å². The summed E-state index contributed by atoms with van der Waals surface area (Å²) in [5.41, 5.74) is -1.10. The van der Waals surface area contributed by atoms with Gasteiger partial charge in [-0.2, -0.15) is 0 Å². The Bertz CT molecular complexity index is 760. The number of hydrogen-bond donors (Lipinski definition) is 2. The number of benzene rings is 1. The van der Waals surface area contributed by atoms with Crippen molar-refractivity contribution in [2.45, 2.75) is 6.92 Å². The van der Waals surface area contributed by atoms with Crippen LogP contribution in [0.2, 0.25) is 5.02 Å². The number of aromatic nitrogens is 2. The third-order valence-corrected chi connectivity index (χ3v) is 2.86. The number of H-pyrrole nitrogens is 1. The molecule has 1 aromatic carbocycles. The zero-order valence-corrected chi connectivity index (χ0v) is 11.4. The minimum absolute atomic E-state index is 0.0681. The summed E-state index contributed by atoms with van der Waals surface area (Å²) in [6, 6.07) is 6.27. The molecule has 6 nitrogen and oxygen atoms in total. The number of aromatic amines is 1. The van der Waals surface area contributed by atoms with Crippen molar-refractivity contribution in [2.24, 2.45) is 4.99 Å². The van der Waals surface area contributed by atoms with E-state index in [2.05, 4.69) is 9.98 Å². The molecule has 0 bridgehead atoms. The number of nitrogens with zero attached hydrogens (tertiary/aromatic N) is 2. The molecule has 0 unspecified atom stereocenters. The molecule has 0 aliphatic heterocycles. The molecule has 1 aromatic heterocycles. The van der Waals surface area contributed by atoms with Crippen molar-refractivity contribution in [1.82, 2.24) is 9.55 Å². The molecule has 0 fully saturated rings. The molecule has 2 aromatic rings. The van der Waals surface area contributed by atoms with Crippen molar-refractivity contribution in [3.05, 3.63) is 55.7 Å². The normalized spacial score (nSPS) is 11.1. The first kappa shape index (κ1) is 14.1. The molecule has 2 N–H and O–H groups in total. The molecule has 0 saturated heterocycles. The Morgan fingerprint density at radius 1 is 1.35 bits per heavy atom. The maximum absolute atomic E-state index is 11.8. The number of rotatable bonds is 3. The minimum Gasteiger partial charge on any atom is -0.493 e. The van der Waals surface area contributed by atoms with E-state index in [-0.39, 0.29) is 5.56 Å². The van der Waals surface area contributed by atoms with E-state index in [1.807, 2.05) is 0 Å². The first-order valence-corrected chi connectivity index (χ1v) is 6.26. The van der Waals surface area contributed by atoms with E-state index in [0.29, 0.717) is 17.3 Å². The summed E-state index contributed by atoms with van der Waals surface area (Å²) in [6.07, 6.45) is 1.24. The summed E-state index contributed by atoms with van der Waals surface area (Å²) in [5.74, 6) is -0.460. The second kappa shape index (κ2) is 5.75. The van der Waals surface area contributed by atoms with Crippen LogP contribution < -0.4 is 11.2 Å². The van der Waals surface area contributed by atoms with E-state index in [4.69, 9.17) is 11.6 Å². The zero-order chi connectivity index (χ0) is 14.7. The molecule has 0 radical (unpaired) electrons. The summed E-state index contributed by atoms with van der Waals surface area (Å²) in [5, 5.41) is 10.6. The topological polar surface area (TPSA) is 87.4 Å². The molecule has 20 heavy (non-hydrogen) atoms. The highest BCUT2D eigenvalue weighted by atomic mass is 35.5. The fourth-order valence-electron chi connectivity index (χ4n) is 1.67. The summed E-state index contributed by atoms with van der Waals surface area (Å²) in [7, 11) is 0. The zero-order valence-electron chi connectivity index (χ0n) is 10.6. The van der Waals surface area contributed by atoms with Crippen molar-refractivity contribution in [3.8, 4) is 11.6 Å². The molecule has 0 aliphatic rings. The van der Waals surface area contributed by atoms with E-state index < -0.39 is 17.1 Å². The van der Waals surface area contributed by atoms with E-state index in [1.165, 1.54) is 6.21 Å². The van der Waals surface area contributed by atoms with Gasteiger partial charge in [-0.05, 0) is 31.2 Å². The number of aliphatic imine (C=N–C) groups is 1. The van der Waals surface area contributed by atoms with Gasteiger partial charge in [0.15, 0.2) is 0 Å². The average molecular weight is 294 g/mol. The fraction of sp³-hybridized carbons (Fsp3) is 0.154. The van der Waals surface area contributed by atoms with E-state index >= 15 is 0 Å². The highest BCUT2D eigenvalue weighted by Crippen LogP contribution is 2.17. The SMILES string of the molecule is CCN=Cc1c(O)n(-c2ccc(Cl)cc2)c(=O)[nH]c1=O. The van der Waals surface area contributed by atoms with Crippen LogP contribution in [0, 0.1) is 0 Å². The van der Waals surface area contributed by atoms with Gasteiger partial charge >= 0.3 is 5.69 Å². The third kappa shape index (κ3) is 2.65. The van der Waals surface area contributed by atoms with Crippen molar-refractivity contribution < 1.29 is 5.11 Å². The van der Waals surface area contributed by atoms with Crippen molar-refractivity contribution in [3.63, 3.8) is 0 Å². The Morgan fingerprint density at radius 2 is 2.00 bits per heavy atom. The van der Waals surface area contributed by atoms with Crippen LogP contribution in [-0.4, -0.2) is 27.4 Å². The number of nitrogens with one attached hydrogen (secondary N) is 1. The van der Waals surface area contributed by atoms with Crippen molar-refractivity contribution >= 4 is 17.8 Å². The Hall–Kier alpha value is -2.34. The van der Waals surface area contributed by atoms with Crippen LogP contribution >= 0.6 is 11.6 Å². The van der Waals surface area contributed by atoms with E-state index in [1.54, 1.807) is 31.2 Å². The van der Waals surface area contributed by atoms with Crippen LogP contribution in [0.1, 0.15) is 12.5 Å². The molecule has 0 amide bonds. The lowest BCUT2D eigenvalue weighted by atomic mass is 10.3. The van der Waals surface area contributed by atoms with Gasteiger partial charge < -0.3 is 5.11 Å². The average Bonchev–Trinajstić information content (AvgIpc) is 2.40. The van der Waals surface area contributed by atoms with Crippen LogP contribution in [0.15, 0.2) is 38.8 Å². The molecule has 1 heterocycles. The quantitative estimate of drug-likeness (QED) is 0.837. The standard InChI is InChI=1S/C13H12ClN3O3/c1-2-15-7-10-11(18)16-13(20)17(12(10)19)9-5-3-8(14)4-6-9/h3-7,19H,2H2,1H3,(H,16,18,20). The minimum atomic E-state index is -0.733. The lowest BCUT2D eigenvalue weighted by molar-refractivity contribution is 0.430. The Labute approximate surface area is 119 Å². The van der Waals surface area contributed by atoms with E-state index in [0.717, 1.165) is 4.57 Å². The van der Waals surface area contributed by atoms with Gasteiger partial charge in [-0.15, -0.1) is 0 Å². The largest absolute Gasteiger partial charge is 0.493 e. The van der Waals surface area contributed by atoms with Crippen LogP contribution in [0.25, 0.3) is 5.69 Å². The summed E-state index contributed by atoms with van der Waals surface area (Å²) >= 11 is 5.77. The second-order valence-electron chi connectivity index (χ2n) is 3.94. The van der Waals surface area contributed by atoms with Gasteiger partial charge in [-0.3, -0.25) is 14.8 Å². The highest BCUT2D eigenvalue weighted by molar-refractivity contribution is 6.30. The number of halogens is 1. The maximum Gasteiger partial charge on any atom is 0.335 e. The molecule has 104 valence electrons. The first-order valence-electron chi connectivity index (χ1n) is 5.88. The van der Waals surface area contributed by atoms with Gasteiger partial charge in [-0.25, -0.2) is 9.36 Å². The van der Waals surface area contributed by atoms with Crippen molar-refractivity contribution in [1.29, 1.82) is 0 Å². The lowest BCUT2D eigenvalue weighted by Gasteiger charge is -2.09.